The van der Waals surface area contributed by atoms with Crippen LogP contribution in [0.2, 0.25) is 0 Å². The third-order valence-electron chi connectivity index (χ3n) is 3.99. The third-order valence-corrected chi connectivity index (χ3v) is 3.99. The maximum absolute atomic E-state index is 12.2. The number of ether oxygens (including phenoxy) is 2. The molecule has 1 unspecified atom stereocenters. The summed E-state index contributed by atoms with van der Waals surface area (Å²) in [4.78, 5) is 35.9. The molecule has 1 aliphatic rings. The molecule has 0 bridgehead atoms. The van der Waals surface area contributed by atoms with Crippen LogP contribution in [0.4, 0.5) is 10.5 Å². The maximum atomic E-state index is 12.2. The van der Waals surface area contributed by atoms with Gasteiger partial charge < -0.3 is 24.8 Å². The van der Waals surface area contributed by atoms with Gasteiger partial charge in [-0.05, 0) is 18.6 Å². The topological polar surface area (TPSA) is 131 Å². The van der Waals surface area contributed by atoms with E-state index in [1.54, 1.807) is 6.92 Å². The second-order valence-electron chi connectivity index (χ2n) is 5.28. The monoisotopic (exact) mass is 351 g/mol. The Balaban J connectivity index is 2.70. The standard InChI is InChI=1S/C15H17N3O7/c1-7-11(14(20)25-4)12(16-15(21)17(7)2)8-5-9(18(22)23)13(19)10(6-8)24-3/h5-6,12,19H,1-4H3,(H,16,21). The summed E-state index contributed by atoms with van der Waals surface area (Å²) in [6, 6.07) is 0.897. The smallest absolute Gasteiger partial charge is 0.337 e. The van der Waals surface area contributed by atoms with Crippen LogP contribution >= 0.6 is 0 Å². The summed E-state index contributed by atoms with van der Waals surface area (Å²) in [5, 5.41) is 23.6. The molecule has 1 aliphatic heterocycles. The number of methoxy groups -OCH3 is 2. The van der Waals surface area contributed by atoms with Crippen molar-refractivity contribution in [1.29, 1.82) is 0 Å². The van der Waals surface area contributed by atoms with E-state index < -0.39 is 34.4 Å². The molecule has 1 aromatic carbocycles. The summed E-state index contributed by atoms with van der Waals surface area (Å²) in [6.45, 7) is 1.56. The molecule has 25 heavy (non-hydrogen) atoms. The summed E-state index contributed by atoms with van der Waals surface area (Å²) in [5.74, 6) is -1.49. The molecule has 134 valence electrons. The van der Waals surface area contributed by atoms with Crippen LogP contribution in [0.3, 0.4) is 0 Å². The van der Waals surface area contributed by atoms with Crippen molar-refractivity contribution in [3.8, 4) is 11.5 Å². The predicted molar refractivity (Wildman–Crippen MR) is 85.1 cm³/mol. The SMILES string of the molecule is COC(=O)C1=C(C)N(C)C(=O)NC1c1cc(OC)c(O)c([N+](=O)[O-])c1. The number of nitrogens with zero attached hydrogens (tertiary/aromatic N) is 2. The number of phenolic OH excluding ortho intramolecular Hbond substituents is 1. The van der Waals surface area contributed by atoms with Gasteiger partial charge in [-0.25, -0.2) is 9.59 Å². The van der Waals surface area contributed by atoms with Crippen LogP contribution in [0.5, 0.6) is 11.5 Å². The lowest BCUT2D eigenvalue weighted by Gasteiger charge is -2.33. The van der Waals surface area contributed by atoms with E-state index >= 15 is 0 Å². The van der Waals surface area contributed by atoms with Crippen LogP contribution in [-0.2, 0) is 9.53 Å². The van der Waals surface area contributed by atoms with E-state index in [4.69, 9.17) is 9.47 Å². The van der Waals surface area contributed by atoms with Crippen molar-refractivity contribution in [1.82, 2.24) is 10.2 Å². The number of nitro groups is 1. The lowest BCUT2D eigenvalue weighted by Crippen LogP contribution is -2.46. The molecular formula is C15H17N3O7. The molecule has 0 radical (unpaired) electrons. The second-order valence-corrected chi connectivity index (χ2v) is 5.28. The van der Waals surface area contributed by atoms with Crippen molar-refractivity contribution in [3.05, 3.63) is 39.1 Å². The molecule has 0 aromatic heterocycles. The van der Waals surface area contributed by atoms with E-state index in [-0.39, 0.29) is 16.9 Å². The number of carbonyl (C=O) groups excluding carboxylic acids is 2. The van der Waals surface area contributed by atoms with E-state index in [0.717, 1.165) is 6.07 Å². The van der Waals surface area contributed by atoms with Crippen LogP contribution in [-0.4, -0.2) is 48.2 Å². The number of carbonyl (C=O) groups is 2. The predicted octanol–water partition coefficient (Wildman–Crippen LogP) is 1.45. The highest BCUT2D eigenvalue weighted by Crippen LogP contribution is 2.41. The number of aromatic hydroxyl groups is 1. The van der Waals surface area contributed by atoms with Crippen molar-refractivity contribution in [2.45, 2.75) is 13.0 Å². The molecule has 1 atom stereocenters. The highest BCUT2D eigenvalue weighted by atomic mass is 16.6. The molecule has 10 heteroatoms. The Morgan fingerprint density at radius 3 is 2.56 bits per heavy atom. The van der Waals surface area contributed by atoms with Gasteiger partial charge in [-0.3, -0.25) is 10.1 Å². The maximum Gasteiger partial charge on any atom is 0.337 e. The minimum atomic E-state index is -0.996. The number of hydrogen-bond acceptors (Lipinski definition) is 7. The minimum Gasteiger partial charge on any atom is -0.500 e. The summed E-state index contributed by atoms with van der Waals surface area (Å²) in [6.07, 6.45) is 0. The number of esters is 1. The number of amides is 2. The fraction of sp³-hybridized carbons (Fsp3) is 0.333. The number of phenols is 1. The second kappa shape index (κ2) is 6.67. The van der Waals surface area contributed by atoms with Crippen LogP contribution in [0, 0.1) is 10.1 Å². The zero-order valence-electron chi connectivity index (χ0n) is 14.0. The first-order chi connectivity index (χ1) is 11.7. The Labute approximate surface area is 142 Å². The summed E-state index contributed by atoms with van der Waals surface area (Å²) >= 11 is 0. The first kappa shape index (κ1) is 18.0. The van der Waals surface area contributed by atoms with Gasteiger partial charge in [0.05, 0.1) is 30.8 Å². The number of allylic oxidation sites excluding steroid dienone is 1. The molecule has 10 nitrogen and oxygen atoms in total. The first-order valence-electron chi connectivity index (χ1n) is 7.11. The van der Waals surface area contributed by atoms with Gasteiger partial charge in [-0.2, -0.15) is 0 Å². The van der Waals surface area contributed by atoms with E-state index in [1.165, 1.54) is 32.2 Å². The van der Waals surface area contributed by atoms with E-state index in [9.17, 15) is 24.8 Å². The molecule has 2 N–H and O–H groups in total. The van der Waals surface area contributed by atoms with Gasteiger partial charge in [0.1, 0.15) is 0 Å². The molecular weight excluding hydrogens is 334 g/mol. The third kappa shape index (κ3) is 3.05. The van der Waals surface area contributed by atoms with Gasteiger partial charge in [-0.1, -0.05) is 0 Å². The summed E-state index contributed by atoms with van der Waals surface area (Å²) in [5.41, 5.74) is 0.0499. The highest BCUT2D eigenvalue weighted by Gasteiger charge is 2.36. The van der Waals surface area contributed by atoms with Crippen LogP contribution in [0.1, 0.15) is 18.5 Å². The fourth-order valence-corrected chi connectivity index (χ4v) is 2.54. The highest BCUT2D eigenvalue weighted by molar-refractivity contribution is 5.95. The quantitative estimate of drug-likeness (QED) is 0.477. The molecule has 1 heterocycles. The van der Waals surface area contributed by atoms with Gasteiger partial charge in [0.15, 0.2) is 5.75 Å². The largest absolute Gasteiger partial charge is 0.500 e. The van der Waals surface area contributed by atoms with Gasteiger partial charge in [0, 0.05) is 18.8 Å². The molecule has 0 aliphatic carbocycles. The number of nitro benzene ring substituents is 1. The number of rotatable bonds is 4. The van der Waals surface area contributed by atoms with E-state index in [0.29, 0.717) is 5.70 Å². The van der Waals surface area contributed by atoms with E-state index in [2.05, 4.69) is 5.32 Å². The summed E-state index contributed by atoms with van der Waals surface area (Å²) < 4.78 is 9.72. The minimum absolute atomic E-state index is 0.117. The lowest BCUT2D eigenvalue weighted by atomic mass is 9.94. The molecule has 2 amide bonds. The molecule has 0 fully saturated rings. The van der Waals surface area contributed by atoms with Crippen molar-refractivity contribution >= 4 is 17.7 Å². The van der Waals surface area contributed by atoms with Crippen molar-refractivity contribution in [2.24, 2.45) is 0 Å². The summed E-state index contributed by atoms with van der Waals surface area (Å²) in [7, 11) is 3.90. The lowest BCUT2D eigenvalue weighted by molar-refractivity contribution is -0.386. The van der Waals surface area contributed by atoms with Crippen LogP contribution in [0.25, 0.3) is 0 Å². The number of hydrogen-bond donors (Lipinski definition) is 2. The Morgan fingerprint density at radius 1 is 1.40 bits per heavy atom. The normalized spacial score (nSPS) is 17.2. The van der Waals surface area contributed by atoms with Gasteiger partial charge in [-0.15, -0.1) is 0 Å². The van der Waals surface area contributed by atoms with Crippen molar-refractivity contribution < 1.29 is 29.1 Å². The number of benzene rings is 1. The van der Waals surface area contributed by atoms with Crippen molar-refractivity contribution in [2.75, 3.05) is 21.3 Å². The average Bonchev–Trinajstić information content (AvgIpc) is 2.58. The molecule has 0 saturated carbocycles. The number of nitrogens with one attached hydrogen (secondary N) is 1. The average molecular weight is 351 g/mol. The molecule has 1 aromatic rings. The molecule has 0 spiro atoms. The van der Waals surface area contributed by atoms with Crippen LogP contribution < -0.4 is 10.1 Å². The zero-order chi connectivity index (χ0) is 18.9. The molecule has 0 saturated heterocycles. The molecule has 2 rings (SSSR count). The van der Waals surface area contributed by atoms with Crippen LogP contribution in [0.15, 0.2) is 23.4 Å². The fourth-order valence-electron chi connectivity index (χ4n) is 2.54. The first-order valence-corrected chi connectivity index (χ1v) is 7.11. The van der Waals surface area contributed by atoms with Gasteiger partial charge >= 0.3 is 17.7 Å². The Bertz CT molecular complexity index is 788. The van der Waals surface area contributed by atoms with Gasteiger partial charge in [0.2, 0.25) is 5.75 Å². The van der Waals surface area contributed by atoms with Crippen molar-refractivity contribution in [3.63, 3.8) is 0 Å². The van der Waals surface area contributed by atoms with E-state index in [1.807, 2.05) is 0 Å². The Morgan fingerprint density at radius 2 is 2.04 bits per heavy atom. The Hall–Kier alpha value is -3.30. The zero-order valence-corrected chi connectivity index (χ0v) is 14.0. The Kier molecular flexibility index (Phi) is 4.82. The van der Waals surface area contributed by atoms with Gasteiger partial charge in [0.25, 0.3) is 0 Å². The number of urea groups is 1.